The van der Waals surface area contributed by atoms with Gasteiger partial charge in [-0.2, -0.15) is 4.98 Å². The van der Waals surface area contributed by atoms with Gasteiger partial charge in [0.05, 0.1) is 11.8 Å². The zero-order chi connectivity index (χ0) is 22.5. The molecule has 1 aliphatic carbocycles. The molecule has 0 bridgehead atoms. The molecule has 2 amide bonds. The van der Waals surface area contributed by atoms with E-state index in [0.29, 0.717) is 24.3 Å². The normalized spacial score (nSPS) is 15.7. The molecular weight excluding hydrogens is 410 g/mol. The number of aromatic nitrogens is 3. The van der Waals surface area contributed by atoms with Crippen molar-refractivity contribution in [1.82, 2.24) is 19.5 Å². The van der Waals surface area contributed by atoms with Crippen molar-refractivity contribution in [2.75, 3.05) is 25.5 Å². The molecule has 1 aliphatic heterocycles. The maximum atomic E-state index is 12.8. The van der Waals surface area contributed by atoms with E-state index >= 15 is 0 Å². The van der Waals surface area contributed by atoms with E-state index in [9.17, 15) is 9.59 Å². The first kappa shape index (κ1) is 21.8. The number of amides is 2. The van der Waals surface area contributed by atoms with Gasteiger partial charge < -0.3 is 14.7 Å². The van der Waals surface area contributed by atoms with E-state index in [0.717, 1.165) is 24.1 Å². The standard InChI is InChI=1S/C20H21N5O4.C3H6/c1-29-15-9-11-24(12-10-15)18(26)14-7-5-13(6-8-14)16-3-2-4-17-21-19(22-20(27)28)23-25(16)17;1-2-3-1/h2-8,15H,9-12H2,1H3,(H,22,23)(H,27,28);1-3H2. The van der Waals surface area contributed by atoms with Gasteiger partial charge in [-0.1, -0.05) is 37.5 Å². The Morgan fingerprint density at radius 2 is 1.75 bits per heavy atom. The van der Waals surface area contributed by atoms with E-state index in [1.165, 1.54) is 19.3 Å². The molecule has 3 aromatic rings. The SMILES string of the molecule is C1CC1.COC1CCN(C(=O)c2ccc(-c3cccc4nc(NC(=O)O)nn34)cc2)CC1. The lowest BCUT2D eigenvalue weighted by Crippen LogP contribution is -2.40. The Morgan fingerprint density at radius 1 is 1.06 bits per heavy atom. The summed E-state index contributed by atoms with van der Waals surface area (Å²) in [7, 11) is 1.71. The number of benzene rings is 1. The number of hydrogen-bond donors (Lipinski definition) is 2. The Morgan fingerprint density at radius 3 is 2.34 bits per heavy atom. The molecule has 9 nitrogen and oxygen atoms in total. The van der Waals surface area contributed by atoms with Crippen LogP contribution in [0.3, 0.4) is 0 Å². The monoisotopic (exact) mass is 437 g/mol. The van der Waals surface area contributed by atoms with Crippen LogP contribution in [0.2, 0.25) is 0 Å². The fourth-order valence-electron chi connectivity index (χ4n) is 3.53. The van der Waals surface area contributed by atoms with Crippen molar-refractivity contribution in [3.8, 4) is 11.3 Å². The Hall–Kier alpha value is -3.46. The average molecular weight is 438 g/mol. The second kappa shape index (κ2) is 9.78. The molecule has 32 heavy (non-hydrogen) atoms. The molecule has 9 heteroatoms. The van der Waals surface area contributed by atoms with E-state index in [1.54, 1.807) is 29.8 Å². The Bertz CT molecular complexity index is 1080. The minimum absolute atomic E-state index is 0.0104. The lowest BCUT2D eigenvalue weighted by atomic mass is 10.0. The maximum absolute atomic E-state index is 12.8. The number of carboxylic acid groups (broad SMARTS) is 1. The van der Waals surface area contributed by atoms with Gasteiger partial charge in [0.25, 0.3) is 11.9 Å². The average Bonchev–Trinajstić information content (AvgIpc) is 3.64. The van der Waals surface area contributed by atoms with E-state index in [1.807, 2.05) is 29.2 Å². The summed E-state index contributed by atoms with van der Waals surface area (Å²) in [5, 5.41) is 15.2. The molecule has 2 fully saturated rings. The van der Waals surface area contributed by atoms with Crippen LogP contribution in [0.1, 0.15) is 42.5 Å². The third-order valence-corrected chi connectivity index (χ3v) is 5.42. The molecule has 0 spiro atoms. The minimum atomic E-state index is -1.22. The molecule has 1 saturated heterocycles. The molecule has 1 saturated carbocycles. The number of nitrogens with one attached hydrogen (secondary N) is 1. The van der Waals surface area contributed by atoms with Crippen LogP contribution in [0.5, 0.6) is 0 Å². The summed E-state index contributed by atoms with van der Waals surface area (Å²) in [6.07, 6.45) is 5.20. The van der Waals surface area contributed by atoms with Gasteiger partial charge in [0.15, 0.2) is 5.65 Å². The van der Waals surface area contributed by atoms with E-state index in [4.69, 9.17) is 9.84 Å². The van der Waals surface area contributed by atoms with E-state index < -0.39 is 6.09 Å². The summed E-state index contributed by atoms with van der Waals surface area (Å²) in [5.74, 6) is 0.0224. The van der Waals surface area contributed by atoms with Gasteiger partial charge in [0.1, 0.15) is 0 Å². The molecule has 168 valence electrons. The van der Waals surface area contributed by atoms with E-state index in [-0.39, 0.29) is 18.0 Å². The smallest absolute Gasteiger partial charge is 0.411 e. The molecular formula is C23H27N5O4. The van der Waals surface area contributed by atoms with Crippen LogP contribution in [0, 0.1) is 0 Å². The largest absolute Gasteiger partial charge is 0.465 e. The van der Waals surface area contributed by atoms with Crippen molar-refractivity contribution in [2.45, 2.75) is 38.2 Å². The molecule has 2 N–H and O–H groups in total. The number of anilines is 1. The number of methoxy groups -OCH3 is 1. The fourth-order valence-corrected chi connectivity index (χ4v) is 3.53. The zero-order valence-corrected chi connectivity index (χ0v) is 18.0. The van der Waals surface area contributed by atoms with Gasteiger partial charge in [-0.3, -0.25) is 10.1 Å². The van der Waals surface area contributed by atoms with Crippen LogP contribution in [-0.2, 0) is 4.74 Å². The van der Waals surface area contributed by atoms with Gasteiger partial charge in [-0.25, -0.2) is 9.31 Å². The molecule has 2 aromatic heterocycles. The highest BCUT2D eigenvalue weighted by atomic mass is 16.5. The first-order valence-corrected chi connectivity index (χ1v) is 10.8. The van der Waals surface area contributed by atoms with Gasteiger partial charge in [0, 0.05) is 31.3 Å². The molecule has 0 unspecified atom stereocenters. The van der Waals surface area contributed by atoms with Crippen molar-refractivity contribution >= 4 is 23.6 Å². The van der Waals surface area contributed by atoms with Crippen molar-refractivity contribution < 1.29 is 19.4 Å². The lowest BCUT2D eigenvalue weighted by molar-refractivity contribution is 0.0351. The van der Waals surface area contributed by atoms with Crippen LogP contribution >= 0.6 is 0 Å². The quantitative estimate of drug-likeness (QED) is 0.641. The van der Waals surface area contributed by atoms with Crippen LogP contribution < -0.4 is 5.32 Å². The van der Waals surface area contributed by atoms with Gasteiger partial charge >= 0.3 is 6.09 Å². The van der Waals surface area contributed by atoms with Crippen LogP contribution in [0.25, 0.3) is 16.9 Å². The highest BCUT2D eigenvalue weighted by molar-refractivity contribution is 5.94. The number of rotatable bonds is 4. The molecule has 5 rings (SSSR count). The molecule has 0 atom stereocenters. The molecule has 3 heterocycles. The van der Waals surface area contributed by atoms with E-state index in [2.05, 4.69) is 15.4 Å². The Balaban J connectivity index is 0.000000754. The molecule has 0 radical (unpaired) electrons. The third-order valence-electron chi connectivity index (χ3n) is 5.42. The third kappa shape index (κ3) is 5.23. The summed E-state index contributed by atoms with van der Waals surface area (Å²) >= 11 is 0. The summed E-state index contributed by atoms with van der Waals surface area (Å²) in [6.45, 7) is 1.38. The van der Waals surface area contributed by atoms with Gasteiger partial charge in [-0.05, 0) is 37.1 Å². The predicted molar refractivity (Wildman–Crippen MR) is 120 cm³/mol. The number of carbonyl (C=O) groups is 2. The summed E-state index contributed by atoms with van der Waals surface area (Å²) in [6, 6.07) is 12.7. The fraction of sp³-hybridized carbons (Fsp3) is 0.391. The second-order valence-corrected chi connectivity index (χ2v) is 7.91. The number of hydrogen-bond acceptors (Lipinski definition) is 5. The Labute approximate surface area is 186 Å². The van der Waals surface area contributed by atoms with Gasteiger partial charge in [0.2, 0.25) is 0 Å². The number of nitrogens with zero attached hydrogens (tertiary/aromatic N) is 4. The lowest BCUT2D eigenvalue weighted by Gasteiger charge is -2.31. The number of fused-ring (bicyclic) bond motifs is 1. The number of piperidine rings is 1. The highest BCUT2D eigenvalue weighted by Crippen LogP contribution is 2.23. The number of carbonyl (C=O) groups excluding carboxylic acids is 1. The van der Waals surface area contributed by atoms with Crippen molar-refractivity contribution in [3.63, 3.8) is 0 Å². The first-order chi connectivity index (χ1) is 15.5. The number of pyridine rings is 1. The molecule has 2 aliphatic rings. The topological polar surface area (TPSA) is 109 Å². The van der Waals surface area contributed by atoms with Crippen LogP contribution in [0.4, 0.5) is 10.7 Å². The van der Waals surface area contributed by atoms with Crippen LogP contribution in [0.15, 0.2) is 42.5 Å². The highest BCUT2D eigenvalue weighted by Gasteiger charge is 2.23. The summed E-state index contributed by atoms with van der Waals surface area (Å²) in [4.78, 5) is 29.6. The number of ether oxygens (including phenoxy) is 1. The van der Waals surface area contributed by atoms with Crippen LogP contribution in [-0.4, -0.2) is 62.9 Å². The van der Waals surface area contributed by atoms with Crippen molar-refractivity contribution in [3.05, 3.63) is 48.0 Å². The number of likely N-dealkylation sites (tertiary alicyclic amines) is 1. The summed E-state index contributed by atoms with van der Waals surface area (Å²) in [5.41, 5.74) is 2.74. The van der Waals surface area contributed by atoms with Crippen molar-refractivity contribution in [1.29, 1.82) is 0 Å². The predicted octanol–water partition coefficient (Wildman–Crippen LogP) is 3.91. The van der Waals surface area contributed by atoms with Gasteiger partial charge in [-0.15, -0.1) is 5.10 Å². The van der Waals surface area contributed by atoms with Crippen molar-refractivity contribution in [2.24, 2.45) is 0 Å². The second-order valence-electron chi connectivity index (χ2n) is 7.91. The molecule has 1 aromatic carbocycles. The minimum Gasteiger partial charge on any atom is -0.465 e. The zero-order valence-electron chi connectivity index (χ0n) is 18.0. The first-order valence-electron chi connectivity index (χ1n) is 10.8. The maximum Gasteiger partial charge on any atom is 0.411 e. The Kier molecular flexibility index (Phi) is 6.65. The summed E-state index contributed by atoms with van der Waals surface area (Å²) < 4.78 is 6.93.